The largest absolute Gasteiger partial charge is 0.362 e. The fraction of sp³-hybridized carbons (Fsp3) is 0.444. The van der Waals surface area contributed by atoms with Crippen LogP contribution < -0.4 is 15.5 Å². The van der Waals surface area contributed by atoms with Crippen LogP contribution in [0, 0.1) is 0 Å². The standard InChI is InChI=1S/C18H27N5S.HI/c1-5-15-9-10-16(24-15)13-22-18(19-6-2)21-12-14-8-7-11-20-17(14)23(3)4;/h7-11H,5-6,12-13H2,1-4H3,(H2,19,21,22);1H. The number of halogens is 1. The number of nitrogens with one attached hydrogen (secondary N) is 2. The summed E-state index contributed by atoms with van der Waals surface area (Å²) in [4.78, 5) is 13.9. The molecule has 2 rings (SSSR count). The molecule has 25 heavy (non-hydrogen) atoms. The highest BCUT2D eigenvalue weighted by molar-refractivity contribution is 14.0. The van der Waals surface area contributed by atoms with Crippen molar-refractivity contribution in [3.05, 3.63) is 45.8 Å². The van der Waals surface area contributed by atoms with Gasteiger partial charge in [-0.15, -0.1) is 35.3 Å². The number of rotatable bonds is 7. The first-order valence-corrected chi connectivity index (χ1v) is 9.16. The number of nitrogens with zero attached hydrogens (tertiary/aromatic N) is 3. The number of hydrogen-bond donors (Lipinski definition) is 2. The minimum atomic E-state index is 0. The minimum absolute atomic E-state index is 0. The lowest BCUT2D eigenvalue weighted by atomic mass is 10.2. The van der Waals surface area contributed by atoms with Crippen LogP contribution in [0.2, 0.25) is 0 Å². The monoisotopic (exact) mass is 473 g/mol. The number of guanidine groups is 1. The molecule has 0 radical (unpaired) electrons. The third-order valence-electron chi connectivity index (χ3n) is 3.54. The number of aromatic nitrogens is 1. The Labute approximate surface area is 172 Å². The molecule has 0 spiro atoms. The predicted molar refractivity (Wildman–Crippen MR) is 119 cm³/mol. The molecule has 0 aliphatic heterocycles. The van der Waals surface area contributed by atoms with Gasteiger partial charge in [-0.1, -0.05) is 13.0 Å². The normalized spacial score (nSPS) is 11.0. The first-order chi connectivity index (χ1) is 11.6. The Morgan fingerprint density at radius 3 is 2.56 bits per heavy atom. The Balaban J connectivity index is 0.00000312. The van der Waals surface area contributed by atoms with E-state index >= 15 is 0 Å². The number of anilines is 1. The molecule has 138 valence electrons. The molecular formula is C18H28IN5S. The van der Waals surface area contributed by atoms with Gasteiger partial charge in [-0.2, -0.15) is 0 Å². The van der Waals surface area contributed by atoms with Crippen LogP contribution in [0.3, 0.4) is 0 Å². The number of thiophene rings is 1. The second-order valence-electron chi connectivity index (χ2n) is 5.65. The quantitative estimate of drug-likeness (QED) is 0.366. The lowest BCUT2D eigenvalue weighted by Gasteiger charge is -2.15. The summed E-state index contributed by atoms with van der Waals surface area (Å²) >= 11 is 1.85. The average molecular weight is 473 g/mol. The van der Waals surface area contributed by atoms with Gasteiger partial charge in [-0.25, -0.2) is 9.98 Å². The Bertz CT molecular complexity index is 669. The summed E-state index contributed by atoms with van der Waals surface area (Å²) in [5.41, 5.74) is 1.11. The minimum Gasteiger partial charge on any atom is -0.362 e. The zero-order valence-electron chi connectivity index (χ0n) is 15.4. The number of hydrogen-bond acceptors (Lipinski definition) is 4. The Hall–Kier alpha value is -1.35. The molecule has 2 heterocycles. The van der Waals surface area contributed by atoms with E-state index in [-0.39, 0.29) is 24.0 Å². The molecular weight excluding hydrogens is 445 g/mol. The van der Waals surface area contributed by atoms with Gasteiger partial charge < -0.3 is 15.5 Å². The van der Waals surface area contributed by atoms with Crippen LogP contribution in [-0.4, -0.2) is 31.6 Å². The maximum absolute atomic E-state index is 4.70. The van der Waals surface area contributed by atoms with Crippen LogP contribution in [-0.2, 0) is 19.5 Å². The molecule has 0 saturated heterocycles. The number of aryl methyl sites for hydroxylation is 1. The van der Waals surface area contributed by atoms with Crippen molar-refractivity contribution in [1.29, 1.82) is 0 Å². The summed E-state index contributed by atoms with van der Waals surface area (Å²) in [6.45, 7) is 6.49. The topological polar surface area (TPSA) is 52.6 Å². The van der Waals surface area contributed by atoms with Crippen LogP contribution >= 0.6 is 35.3 Å². The van der Waals surface area contributed by atoms with Crippen molar-refractivity contribution in [3.63, 3.8) is 0 Å². The average Bonchev–Trinajstić information content (AvgIpc) is 3.05. The molecule has 0 unspecified atom stereocenters. The SMILES string of the molecule is CCNC(=NCc1cccnc1N(C)C)NCc1ccc(CC)s1.I. The number of aliphatic imine (C=N–C) groups is 1. The van der Waals surface area contributed by atoms with Crippen molar-refractivity contribution in [2.45, 2.75) is 33.4 Å². The van der Waals surface area contributed by atoms with E-state index < -0.39 is 0 Å². The molecule has 0 aliphatic carbocycles. The van der Waals surface area contributed by atoms with Gasteiger partial charge in [0.1, 0.15) is 5.82 Å². The van der Waals surface area contributed by atoms with Gasteiger partial charge in [0.25, 0.3) is 0 Å². The van der Waals surface area contributed by atoms with Crippen molar-refractivity contribution in [2.75, 3.05) is 25.5 Å². The molecule has 0 aliphatic rings. The molecule has 7 heteroatoms. The van der Waals surface area contributed by atoms with E-state index in [4.69, 9.17) is 4.99 Å². The van der Waals surface area contributed by atoms with E-state index in [0.29, 0.717) is 6.54 Å². The first-order valence-electron chi connectivity index (χ1n) is 8.35. The zero-order chi connectivity index (χ0) is 17.4. The second-order valence-corrected chi connectivity index (χ2v) is 6.90. The Morgan fingerprint density at radius 1 is 1.16 bits per heavy atom. The van der Waals surface area contributed by atoms with Gasteiger partial charge in [0.05, 0.1) is 13.1 Å². The van der Waals surface area contributed by atoms with Gasteiger partial charge in [-0.05, 0) is 31.5 Å². The molecule has 2 aromatic rings. The highest BCUT2D eigenvalue weighted by Gasteiger charge is 2.06. The van der Waals surface area contributed by atoms with Crippen LogP contribution in [0.25, 0.3) is 0 Å². The molecule has 2 aromatic heterocycles. The maximum Gasteiger partial charge on any atom is 0.191 e. The molecule has 0 aromatic carbocycles. The van der Waals surface area contributed by atoms with Crippen molar-refractivity contribution >= 4 is 47.1 Å². The van der Waals surface area contributed by atoms with Crippen LogP contribution in [0.5, 0.6) is 0 Å². The lowest BCUT2D eigenvalue weighted by molar-refractivity contribution is 0.822. The highest BCUT2D eigenvalue weighted by Crippen LogP contribution is 2.17. The van der Waals surface area contributed by atoms with Crippen molar-refractivity contribution in [1.82, 2.24) is 15.6 Å². The van der Waals surface area contributed by atoms with E-state index in [0.717, 1.165) is 36.9 Å². The molecule has 5 nitrogen and oxygen atoms in total. The summed E-state index contributed by atoms with van der Waals surface area (Å²) < 4.78 is 0. The predicted octanol–water partition coefficient (Wildman–Crippen LogP) is 3.64. The van der Waals surface area contributed by atoms with Crippen molar-refractivity contribution in [3.8, 4) is 0 Å². The van der Waals surface area contributed by atoms with Gasteiger partial charge in [-0.3, -0.25) is 0 Å². The van der Waals surface area contributed by atoms with Gasteiger partial charge in [0.2, 0.25) is 0 Å². The zero-order valence-corrected chi connectivity index (χ0v) is 18.5. The molecule has 0 atom stereocenters. The van der Waals surface area contributed by atoms with Crippen LogP contribution in [0.1, 0.15) is 29.2 Å². The van der Waals surface area contributed by atoms with E-state index in [1.807, 2.05) is 42.6 Å². The van der Waals surface area contributed by atoms with Gasteiger partial charge in [0, 0.05) is 42.2 Å². The molecule has 0 amide bonds. The van der Waals surface area contributed by atoms with Crippen molar-refractivity contribution in [2.24, 2.45) is 4.99 Å². The van der Waals surface area contributed by atoms with Crippen LogP contribution in [0.15, 0.2) is 35.5 Å². The lowest BCUT2D eigenvalue weighted by Crippen LogP contribution is -2.36. The maximum atomic E-state index is 4.70. The van der Waals surface area contributed by atoms with Gasteiger partial charge >= 0.3 is 0 Å². The Morgan fingerprint density at radius 2 is 1.92 bits per heavy atom. The second kappa shape index (κ2) is 11.3. The Kier molecular flexibility index (Phi) is 9.81. The highest BCUT2D eigenvalue weighted by atomic mass is 127. The fourth-order valence-electron chi connectivity index (χ4n) is 2.34. The molecule has 0 fully saturated rings. The van der Waals surface area contributed by atoms with E-state index in [1.165, 1.54) is 9.75 Å². The first kappa shape index (κ1) is 21.7. The third kappa shape index (κ3) is 6.81. The van der Waals surface area contributed by atoms with Gasteiger partial charge in [0.15, 0.2) is 5.96 Å². The fourth-order valence-corrected chi connectivity index (χ4v) is 3.24. The third-order valence-corrected chi connectivity index (χ3v) is 4.77. The van der Waals surface area contributed by atoms with E-state index in [1.54, 1.807) is 0 Å². The van der Waals surface area contributed by atoms with E-state index in [9.17, 15) is 0 Å². The summed E-state index contributed by atoms with van der Waals surface area (Å²) in [6.07, 6.45) is 2.90. The van der Waals surface area contributed by atoms with Crippen molar-refractivity contribution < 1.29 is 0 Å². The van der Waals surface area contributed by atoms with E-state index in [2.05, 4.69) is 47.7 Å². The molecule has 2 N–H and O–H groups in total. The summed E-state index contributed by atoms with van der Waals surface area (Å²) in [7, 11) is 4.00. The summed E-state index contributed by atoms with van der Waals surface area (Å²) in [5, 5.41) is 6.71. The smallest absolute Gasteiger partial charge is 0.191 e. The molecule has 0 bridgehead atoms. The summed E-state index contributed by atoms with van der Waals surface area (Å²) in [6, 6.07) is 8.41. The molecule has 0 saturated carbocycles. The number of pyridine rings is 1. The summed E-state index contributed by atoms with van der Waals surface area (Å²) in [5.74, 6) is 1.79. The van der Waals surface area contributed by atoms with Crippen LogP contribution in [0.4, 0.5) is 5.82 Å².